The Kier molecular flexibility index (Phi) is 4.42. The van der Waals surface area contributed by atoms with Crippen molar-refractivity contribution in [2.24, 2.45) is 0 Å². The van der Waals surface area contributed by atoms with Gasteiger partial charge in [0.15, 0.2) is 0 Å². The van der Waals surface area contributed by atoms with Crippen LogP contribution < -0.4 is 0 Å². The van der Waals surface area contributed by atoms with E-state index in [4.69, 9.17) is 9.78 Å². The van der Waals surface area contributed by atoms with Gasteiger partial charge in [0.25, 0.3) is 0 Å². The molecule has 0 aliphatic rings. The highest BCUT2D eigenvalue weighted by Gasteiger charge is 1.90. The average Bonchev–Trinajstić information content (AvgIpc) is 2.14. The first-order valence-electron chi connectivity index (χ1n) is 4.22. The molecule has 0 aliphatic heterocycles. The topological polar surface area (TPSA) is 18.5 Å². The molecule has 0 saturated heterocycles. The van der Waals surface area contributed by atoms with E-state index in [0.717, 1.165) is 6.42 Å². The SMILES string of the molecule is CCOOCCc1ccccc1. The third-order valence-electron chi connectivity index (χ3n) is 1.52. The molecule has 1 rings (SSSR count). The van der Waals surface area contributed by atoms with E-state index in [2.05, 4.69) is 12.1 Å². The number of benzene rings is 1. The Balaban J connectivity index is 2.16. The second-order valence-corrected chi connectivity index (χ2v) is 2.46. The van der Waals surface area contributed by atoms with Gasteiger partial charge < -0.3 is 0 Å². The van der Waals surface area contributed by atoms with E-state index in [1.165, 1.54) is 5.56 Å². The number of rotatable bonds is 5. The minimum Gasteiger partial charge on any atom is -0.237 e. The molecule has 0 N–H and O–H groups in total. The molecule has 12 heavy (non-hydrogen) atoms. The zero-order chi connectivity index (χ0) is 8.65. The van der Waals surface area contributed by atoms with Gasteiger partial charge in [0, 0.05) is 0 Å². The molecule has 0 aromatic heterocycles. The van der Waals surface area contributed by atoms with E-state index in [1.807, 2.05) is 25.1 Å². The van der Waals surface area contributed by atoms with Crippen LogP contribution in [0.2, 0.25) is 0 Å². The van der Waals surface area contributed by atoms with Crippen LogP contribution in [0.25, 0.3) is 0 Å². The van der Waals surface area contributed by atoms with Crippen molar-refractivity contribution in [3.8, 4) is 0 Å². The Morgan fingerprint density at radius 3 is 2.50 bits per heavy atom. The van der Waals surface area contributed by atoms with Crippen molar-refractivity contribution in [2.75, 3.05) is 13.2 Å². The summed E-state index contributed by atoms with van der Waals surface area (Å²) in [5, 5.41) is 0. The minimum absolute atomic E-state index is 0.606. The monoisotopic (exact) mass is 166 g/mol. The van der Waals surface area contributed by atoms with Gasteiger partial charge in [-0.2, -0.15) is 0 Å². The fourth-order valence-corrected chi connectivity index (χ4v) is 0.946. The Morgan fingerprint density at radius 2 is 1.83 bits per heavy atom. The van der Waals surface area contributed by atoms with Gasteiger partial charge in [0.05, 0.1) is 13.2 Å². The predicted molar refractivity (Wildman–Crippen MR) is 47.7 cm³/mol. The van der Waals surface area contributed by atoms with Crippen molar-refractivity contribution in [1.29, 1.82) is 0 Å². The summed E-state index contributed by atoms with van der Waals surface area (Å²) in [6, 6.07) is 10.2. The highest BCUT2D eigenvalue weighted by atomic mass is 17.2. The lowest BCUT2D eigenvalue weighted by Crippen LogP contribution is -1.99. The van der Waals surface area contributed by atoms with Crippen LogP contribution in [0.5, 0.6) is 0 Å². The van der Waals surface area contributed by atoms with E-state index in [9.17, 15) is 0 Å². The molecular weight excluding hydrogens is 152 g/mol. The number of hydrogen-bond acceptors (Lipinski definition) is 2. The average molecular weight is 166 g/mol. The maximum atomic E-state index is 4.89. The molecule has 0 atom stereocenters. The molecule has 0 spiro atoms. The second-order valence-electron chi connectivity index (χ2n) is 2.46. The Hall–Kier alpha value is -0.860. The fourth-order valence-electron chi connectivity index (χ4n) is 0.946. The lowest BCUT2D eigenvalue weighted by atomic mass is 10.2. The van der Waals surface area contributed by atoms with Gasteiger partial charge in [-0.25, -0.2) is 9.78 Å². The van der Waals surface area contributed by atoms with E-state index in [1.54, 1.807) is 0 Å². The van der Waals surface area contributed by atoms with Crippen molar-refractivity contribution in [3.63, 3.8) is 0 Å². The van der Waals surface area contributed by atoms with Crippen molar-refractivity contribution >= 4 is 0 Å². The zero-order valence-electron chi connectivity index (χ0n) is 7.32. The Labute approximate surface area is 73.0 Å². The van der Waals surface area contributed by atoms with E-state index < -0.39 is 0 Å². The molecule has 0 unspecified atom stereocenters. The maximum Gasteiger partial charge on any atom is 0.0862 e. The van der Waals surface area contributed by atoms with Crippen LogP contribution in [0.1, 0.15) is 12.5 Å². The van der Waals surface area contributed by atoms with Crippen molar-refractivity contribution in [1.82, 2.24) is 0 Å². The van der Waals surface area contributed by atoms with Crippen LogP contribution in [-0.4, -0.2) is 13.2 Å². The molecule has 0 bridgehead atoms. The molecule has 0 amide bonds. The summed E-state index contributed by atoms with van der Waals surface area (Å²) in [5.74, 6) is 0. The van der Waals surface area contributed by atoms with E-state index in [-0.39, 0.29) is 0 Å². The fraction of sp³-hybridized carbons (Fsp3) is 0.400. The number of hydrogen-bond donors (Lipinski definition) is 0. The van der Waals surface area contributed by atoms with Gasteiger partial charge >= 0.3 is 0 Å². The van der Waals surface area contributed by atoms with E-state index >= 15 is 0 Å². The molecule has 0 aliphatic carbocycles. The van der Waals surface area contributed by atoms with Gasteiger partial charge in [-0.1, -0.05) is 30.3 Å². The van der Waals surface area contributed by atoms with E-state index in [0.29, 0.717) is 13.2 Å². The molecule has 0 heterocycles. The standard InChI is InChI=1S/C10H14O2/c1-2-11-12-9-8-10-6-4-3-5-7-10/h3-7H,2,8-9H2,1H3. The van der Waals surface area contributed by atoms with Crippen LogP contribution in [0.3, 0.4) is 0 Å². The molecular formula is C10H14O2. The summed E-state index contributed by atoms with van der Waals surface area (Å²) in [7, 11) is 0. The molecule has 1 aromatic carbocycles. The summed E-state index contributed by atoms with van der Waals surface area (Å²) >= 11 is 0. The van der Waals surface area contributed by atoms with Crippen molar-refractivity contribution < 1.29 is 9.78 Å². The third-order valence-corrected chi connectivity index (χ3v) is 1.52. The highest BCUT2D eigenvalue weighted by Crippen LogP contribution is 1.99. The van der Waals surface area contributed by atoms with Crippen molar-refractivity contribution in [2.45, 2.75) is 13.3 Å². The van der Waals surface area contributed by atoms with Crippen LogP contribution >= 0.6 is 0 Å². The van der Waals surface area contributed by atoms with Gasteiger partial charge in [-0.3, -0.25) is 0 Å². The zero-order valence-corrected chi connectivity index (χ0v) is 7.32. The normalized spacial score (nSPS) is 10.1. The minimum atomic E-state index is 0.606. The first kappa shape index (κ1) is 9.23. The molecule has 0 fully saturated rings. The van der Waals surface area contributed by atoms with Crippen LogP contribution in [-0.2, 0) is 16.2 Å². The second kappa shape index (κ2) is 5.75. The maximum absolute atomic E-state index is 4.89. The van der Waals surface area contributed by atoms with Crippen LogP contribution in [0.4, 0.5) is 0 Å². The van der Waals surface area contributed by atoms with Crippen LogP contribution in [0.15, 0.2) is 30.3 Å². The van der Waals surface area contributed by atoms with Crippen molar-refractivity contribution in [3.05, 3.63) is 35.9 Å². The molecule has 0 radical (unpaired) electrons. The summed E-state index contributed by atoms with van der Waals surface area (Å²) in [6.45, 7) is 3.13. The lowest BCUT2D eigenvalue weighted by Gasteiger charge is -2.01. The highest BCUT2D eigenvalue weighted by molar-refractivity contribution is 5.14. The smallest absolute Gasteiger partial charge is 0.0862 e. The molecule has 66 valence electrons. The van der Waals surface area contributed by atoms with Gasteiger partial charge in [0.2, 0.25) is 0 Å². The molecule has 0 saturated carbocycles. The summed E-state index contributed by atoms with van der Waals surface area (Å²) in [6.07, 6.45) is 0.904. The Bertz CT molecular complexity index is 196. The predicted octanol–water partition coefficient (Wildman–Crippen LogP) is 2.20. The molecule has 2 heteroatoms. The molecule has 1 aromatic rings. The lowest BCUT2D eigenvalue weighted by molar-refractivity contribution is -0.290. The van der Waals surface area contributed by atoms with Gasteiger partial charge in [-0.15, -0.1) is 0 Å². The molecule has 2 nitrogen and oxygen atoms in total. The first-order valence-corrected chi connectivity index (χ1v) is 4.22. The summed E-state index contributed by atoms with van der Waals surface area (Å²) in [4.78, 5) is 9.64. The summed E-state index contributed by atoms with van der Waals surface area (Å²) < 4.78 is 0. The quantitative estimate of drug-likeness (QED) is 0.379. The van der Waals surface area contributed by atoms with Gasteiger partial charge in [-0.05, 0) is 18.9 Å². The third kappa shape index (κ3) is 3.51. The summed E-state index contributed by atoms with van der Waals surface area (Å²) in [5.41, 5.74) is 1.28. The van der Waals surface area contributed by atoms with Crippen LogP contribution in [0, 0.1) is 0 Å². The first-order chi connectivity index (χ1) is 5.93. The Morgan fingerprint density at radius 1 is 1.08 bits per heavy atom. The van der Waals surface area contributed by atoms with Gasteiger partial charge in [0.1, 0.15) is 0 Å². The largest absolute Gasteiger partial charge is 0.237 e.